The van der Waals surface area contributed by atoms with Crippen LogP contribution in [0.25, 0.3) is 0 Å². The van der Waals surface area contributed by atoms with Gasteiger partial charge in [-0.25, -0.2) is 0 Å². The second-order valence-corrected chi connectivity index (χ2v) is 6.33. The number of hydrogen-bond acceptors (Lipinski definition) is 5. The largest absolute Gasteiger partial charge is 0.355 e. The molecule has 1 atom stereocenters. The maximum Gasteiger partial charge on any atom is 0.249 e. The lowest BCUT2D eigenvalue weighted by Crippen LogP contribution is -2.35. The predicted octanol–water partition coefficient (Wildman–Crippen LogP) is 3.81. The number of aromatic nitrogens is 3. The molecule has 1 aromatic carbocycles. The molecule has 2 heterocycles. The standard InChI is InChI=1S/C16H20ClN5/c1-11-4-3-7-22(10-11)15-9-18-21-16(20-15)19-13-6-5-12(2)14(17)8-13/h5-6,8-9,11H,3-4,7,10H2,1-2H3,(H,19,20,21). The molecule has 1 N–H and O–H groups in total. The second kappa shape index (κ2) is 6.48. The lowest BCUT2D eigenvalue weighted by atomic mass is 10.0. The van der Waals surface area contributed by atoms with E-state index in [9.17, 15) is 0 Å². The Balaban J connectivity index is 1.77. The summed E-state index contributed by atoms with van der Waals surface area (Å²) in [6.45, 7) is 6.30. The van der Waals surface area contributed by atoms with Gasteiger partial charge in [-0.05, 0) is 43.4 Å². The van der Waals surface area contributed by atoms with Crippen LogP contribution in [-0.2, 0) is 0 Å². The molecule has 1 fully saturated rings. The molecule has 0 bridgehead atoms. The number of hydrogen-bond donors (Lipinski definition) is 1. The van der Waals surface area contributed by atoms with Gasteiger partial charge >= 0.3 is 0 Å². The third-order valence-electron chi connectivity index (χ3n) is 3.96. The Bertz CT molecular complexity index is 661. The van der Waals surface area contributed by atoms with Crippen molar-refractivity contribution in [3.8, 4) is 0 Å². The summed E-state index contributed by atoms with van der Waals surface area (Å²) >= 11 is 6.14. The van der Waals surface area contributed by atoms with Crippen molar-refractivity contribution < 1.29 is 0 Å². The molecule has 22 heavy (non-hydrogen) atoms. The van der Waals surface area contributed by atoms with E-state index >= 15 is 0 Å². The van der Waals surface area contributed by atoms with Crippen LogP contribution in [0.1, 0.15) is 25.3 Å². The van der Waals surface area contributed by atoms with E-state index < -0.39 is 0 Å². The van der Waals surface area contributed by atoms with E-state index in [1.165, 1.54) is 12.8 Å². The highest BCUT2D eigenvalue weighted by Gasteiger charge is 2.18. The number of aryl methyl sites for hydroxylation is 1. The van der Waals surface area contributed by atoms with Crippen molar-refractivity contribution in [2.75, 3.05) is 23.3 Å². The zero-order valence-electron chi connectivity index (χ0n) is 12.9. The van der Waals surface area contributed by atoms with Crippen molar-refractivity contribution in [1.82, 2.24) is 15.2 Å². The van der Waals surface area contributed by atoms with E-state index in [-0.39, 0.29) is 0 Å². The Hall–Kier alpha value is -1.88. The zero-order chi connectivity index (χ0) is 15.5. The number of piperidine rings is 1. The second-order valence-electron chi connectivity index (χ2n) is 5.92. The van der Waals surface area contributed by atoms with Crippen LogP contribution in [0.4, 0.5) is 17.5 Å². The van der Waals surface area contributed by atoms with E-state index in [1.807, 2.05) is 25.1 Å². The summed E-state index contributed by atoms with van der Waals surface area (Å²) in [4.78, 5) is 6.85. The van der Waals surface area contributed by atoms with Gasteiger partial charge in [0.2, 0.25) is 5.95 Å². The van der Waals surface area contributed by atoms with E-state index in [0.717, 1.165) is 35.2 Å². The summed E-state index contributed by atoms with van der Waals surface area (Å²) in [5.41, 5.74) is 1.91. The van der Waals surface area contributed by atoms with Crippen molar-refractivity contribution in [3.05, 3.63) is 35.0 Å². The molecule has 0 spiro atoms. The minimum absolute atomic E-state index is 0.496. The molecule has 0 saturated carbocycles. The lowest BCUT2D eigenvalue weighted by Gasteiger charge is -2.31. The first kappa shape index (κ1) is 15.0. The third-order valence-corrected chi connectivity index (χ3v) is 4.36. The van der Waals surface area contributed by atoms with Gasteiger partial charge in [0.05, 0.1) is 6.20 Å². The van der Waals surface area contributed by atoms with Crippen molar-refractivity contribution >= 4 is 29.1 Å². The van der Waals surface area contributed by atoms with E-state index in [1.54, 1.807) is 6.20 Å². The molecule has 1 aromatic heterocycles. The number of rotatable bonds is 3. The van der Waals surface area contributed by atoms with E-state index in [0.29, 0.717) is 11.9 Å². The molecule has 0 aliphatic carbocycles. The van der Waals surface area contributed by atoms with Gasteiger partial charge in [-0.2, -0.15) is 10.1 Å². The number of benzene rings is 1. The van der Waals surface area contributed by atoms with Crippen LogP contribution in [0.2, 0.25) is 5.02 Å². The van der Waals surface area contributed by atoms with Gasteiger partial charge in [0.1, 0.15) is 0 Å². The quantitative estimate of drug-likeness (QED) is 0.932. The van der Waals surface area contributed by atoms with Gasteiger partial charge in [-0.3, -0.25) is 0 Å². The van der Waals surface area contributed by atoms with Crippen LogP contribution in [0.15, 0.2) is 24.4 Å². The molecular formula is C16H20ClN5. The molecule has 116 valence electrons. The number of anilines is 3. The van der Waals surface area contributed by atoms with Gasteiger partial charge in [0.25, 0.3) is 0 Å². The van der Waals surface area contributed by atoms with Crippen molar-refractivity contribution in [2.45, 2.75) is 26.7 Å². The summed E-state index contributed by atoms with van der Waals surface area (Å²) < 4.78 is 0. The molecule has 1 saturated heterocycles. The summed E-state index contributed by atoms with van der Waals surface area (Å²) in [5, 5.41) is 12.0. The fourth-order valence-electron chi connectivity index (χ4n) is 2.70. The topological polar surface area (TPSA) is 53.9 Å². The van der Waals surface area contributed by atoms with Crippen LogP contribution < -0.4 is 10.2 Å². The van der Waals surface area contributed by atoms with Gasteiger partial charge < -0.3 is 10.2 Å². The molecule has 1 aliphatic heterocycles. The highest BCUT2D eigenvalue weighted by Crippen LogP contribution is 2.24. The van der Waals surface area contributed by atoms with Gasteiger partial charge in [-0.15, -0.1) is 5.10 Å². The van der Waals surface area contributed by atoms with E-state index in [4.69, 9.17) is 11.6 Å². The first-order valence-corrected chi connectivity index (χ1v) is 7.97. The van der Waals surface area contributed by atoms with Crippen molar-refractivity contribution in [3.63, 3.8) is 0 Å². The van der Waals surface area contributed by atoms with Crippen LogP contribution in [0.5, 0.6) is 0 Å². The molecule has 1 unspecified atom stereocenters. The summed E-state index contributed by atoms with van der Waals surface area (Å²) in [7, 11) is 0. The van der Waals surface area contributed by atoms with Crippen molar-refractivity contribution in [1.29, 1.82) is 0 Å². The molecule has 2 aromatic rings. The monoisotopic (exact) mass is 317 g/mol. The molecule has 6 heteroatoms. The summed E-state index contributed by atoms with van der Waals surface area (Å²) in [6, 6.07) is 5.80. The normalized spacial score (nSPS) is 18.3. The maximum absolute atomic E-state index is 6.14. The zero-order valence-corrected chi connectivity index (χ0v) is 13.6. The number of nitrogens with zero attached hydrogens (tertiary/aromatic N) is 4. The summed E-state index contributed by atoms with van der Waals surface area (Å²) in [5.74, 6) is 2.06. The van der Waals surface area contributed by atoms with Gasteiger partial charge in [0.15, 0.2) is 5.82 Å². The Morgan fingerprint density at radius 2 is 2.23 bits per heavy atom. The van der Waals surface area contributed by atoms with E-state index in [2.05, 4.69) is 32.3 Å². The minimum atomic E-state index is 0.496. The molecule has 0 radical (unpaired) electrons. The minimum Gasteiger partial charge on any atom is -0.355 e. The third kappa shape index (κ3) is 3.47. The predicted molar refractivity (Wildman–Crippen MR) is 89.9 cm³/mol. The van der Waals surface area contributed by atoms with Crippen LogP contribution in [-0.4, -0.2) is 28.3 Å². The summed E-state index contributed by atoms with van der Waals surface area (Å²) in [6.07, 6.45) is 4.20. The first-order valence-electron chi connectivity index (χ1n) is 7.59. The molecular weight excluding hydrogens is 298 g/mol. The van der Waals surface area contributed by atoms with Crippen LogP contribution >= 0.6 is 11.6 Å². The average Bonchev–Trinajstić information content (AvgIpc) is 2.51. The lowest BCUT2D eigenvalue weighted by molar-refractivity contribution is 0.444. The SMILES string of the molecule is Cc1ccc(Nc2nncc(N3CCCC(C)C3)n2)cc1Cl. The van der Waals surface area contributed by atoms with Gasteiger partial charge in [-0.1, -0.05) is 24.6 Å². The Kier molecular flexibility index (Phi) is 4.43. The van der Waals surface area contributed by atoms with Crippen LogP contribution in [0, 0.1) is 12.8 Å². The molecule has 5 nitrogen and oxygen atoms in total. The van der Waals surface area contributed by atoms with Crippen LogP contribution in [0.3, 0.4) is 0 Å². The first-order chi connectivity index (χ1) is 10.6. The Labute approximate surface area is 135 Å². The maximum atomic E-state index is 6.14. The average molecular weight is 318 g/mol. The molecule has 1 aliphatic rings. The number of halogens is 1. The smallest absolute Gasteiger partial charge is 0.249 e. The Morgan fingerprint density at radius 1 is 1.36 bits per heavy atom. The fraction of sp³-hybridized carbons (Fsp3) is 0.438. The van der Waals surface area contributed by atoms with Gasteiger partial charge in [0, 0.05) is 23.8 Å². The van der Waals surface area contributed by atoms with Crippen molar-refractivity contribution in [2.24, 2.45) is 5.92 Å². The highest BCUT2D eigenvalue weighted by molar-refractivity contribution is 6.31. The number of nitrogens with one attached hydrogen (secondary N) is 1. The highest BCUT2D eigenvalue weighted by atomic mass is 35.5. The fourth-order valence-corrected chi connectivity index (χ4v) is 2.88. The Morgan fingerprint density at radius 3 is 3.00 bits per heavy atom. The molecule has 3 rings (SSSR count). The molecule has 0 amide bonds.